The standard InChI is InChI=1S/C23H22N4O5/c1-14(28)25-21-11-16(9-10-24-21)23(30)27-18-13-19(31-2)17(12-20(18)32-3)26-22(29)15-7-5-4-6-8-15/h4-13H,1-3H3,(H,26,29)(H,27,30)(H,24,25,28). The SMILES string of the molecule is COc1cc(NC(=O)c2ccnc(NC(C)=O)c2)c(OC)cc1NC(=O)c1ccccc1. The monoisotopic (exact) mass is 434 g/mol. The number of hydrogen-bond acceptors (Lipinski definition) is 6. The Labute approximate surface area is 184 Å². The number of amides is 3. The van der Waals surface area contributed by atoms with Crippen LogP contribution in [0.1, 0.15) is 27.6 Å². The molecule has 1 aromatic heterocycles. The molecule has 0 unspecified atom stereocenters. The Morgan fingerprint density at radius 3 is 1.84 bits per heavy atom. The Balaban J connectivity index is 1.85. The lowest BCUT2D eigenvalue weighted by Crippen LogP contribution is -2.16. The largest absolute Gasteiger partial charge is 0.494 e. The maximum atomic E-state index is 12.7. The van der Waals surface area contributed by atoms with Crippen molar-refractivity contribution in [2.45, 2.75) is 6.92 Å². The van der Waals surface area contributed by atoms with Crippen LogP contribution in [0, 0.1) is 0 Å². The van der Waals surface area contributed by atoms with Crippen molar-refractivity contribution in [1.82, 2.24) is 4.98 Å². The molecule has 2 aromatic carbocycles. The van der Waals surface area contributed by atoms with E-state index >= 15 is 0 Å². The lowest BCUT2D eigenvalue weighted by atomic mass is 10.1. The van der Waals surface area contributed by atoms with Crippen molar-refractivity contribution >= 4 is 34.9 Å². The highest BCUT2D eigenvalue weighted by Crippen LogP contribution is 2.37. The summed E-state index contributed by atoms with van der Waals surface area (Å²) in [6.07, 6.45) is 1.42. The van der Waals surface area contributed by atoms with Gasteiger partial charge in [-0.3, -0.25) is 14.4 Å². The van der Waals surface area contributed by atoms with Gasteiger partial charge < -0.3 is 25.4 Å². The third kappa shape index (κ3) is 5.39. The molecule has 32 heavy (non-hydrogen) atoms. The average Bonchev–Trinajstić information content (AvgIpc) is 2.79. The molecule has 3 aromatic rings. The van der Waals surface area contributed by atoms with Crippen molar-refractivity contribution in [3.8, 4) is 11.5 Å². The number of pyridine rings is 1. The Bertz CT molecular complexity index is 1150. The minimum atomic E-state index is -0.444. The van der Waals surface area contributed by atoms with E-state index in [-0.39, 0.29) is 23.2 Å². The van der Waals surface area contributed by atoms with Crippen LogP contribution in [0.15, 0.2) is 60.8 Å². The van der Waals surface area contributed by atoms with E-state index in [1.807, 2.05) is 6.07 Å². The summed E-state index contributed by atoms with van der Waals surface area (Å²) >= 11 is 0. The molecule has 9 nitrogen and oxygen atoms in total. The van der Waals surface area contributed by atoms with Gasteiger partial charge in [-0.05, 0) is 24.3 Å². The number of anilines is 3. The summed E-state index contributed by atoms with van der Waals surface area (Å²) in [6.45, 7) is 1.35. The fraction of sp³-hybridized carbons (Fsp3) is 0.130. The zero-order chi connectivity index (χ0) is 23.1. The normalized spacial score (nSPS) is 10.1. The van der Waals surface area contributed by atoms with E-state index in [2.05, 4.69) is 20.9 Å². The van der Waals surface area contributed by atoms with Gasteiger partial charge in [-0.2, -0.15) is 0 Å². The number of carbonyl (C=O) groups excluding carboxylic acids is 3. The highest BCUT2D eigenvalue weighted by Gasteiger charge is 2.17. The maximum absolute atomic E-state index is 12.7. The Morgan fingerprint density at radius 2 is 1.31 bits per heavy atom. The molecule has 0 aliphatic rings. The zero-order valence-corrected chi connectivity index (χ0v) is 17.8. The lowest BCUT2D eigenvalue weighted by molar-refractivity contribution is -0.114. The number of nitrogens with one attached hydrogen (secondary N) is 3. The molecule has 0 saturated heterocycles. The van der Waals surface area contributed by atoms with Crippen LogP contribution in [0.5, 0.6) is 11.5 Å². The second kappa shape index (κ2) is 10.1. The molecular formula is C23H22N4O5. The van der Waals surface area contributed by atoms with E-state index in [0.29, 0.717) is 28.4 Å². The fourth-order valence-electron chi connectivity index (χ4n) is 2.89. The van der Waals surface area contributed by atoms with Gasteiger partial charge in [0, 0.05) is 36.4 Å². The molecule has 0 spiro atoms. The van der Waals surface area contributed by atoms with Crippen molar-refractivity contribution in [1.29, 1.82) is 0 Å². The van der Waals surface area contributed by atoms with Crippen LogP contribution in [-0.2, 0) is 4.79 Å². The minimum Gasteiger partial charge on any atom is -0.494 e. The number of ether oxygens (including phenoxy) is 2. The van der Waals surface area contributed by atoms with Crippen LogP contribution >= 0.6 is 0 Å². The van der Waals surface area contributed by atoms with Gasteiger partial charge in [0.2, 0.25) is 5.91 Å². The summed E-state index contributed by atoms with van der Waals surface area (Å²) in [5.74, 6) is -0.147. The molecule has 0 fully saturated rings. The smallest absolute Gasteiger partial charge is 0.255 e. The maximum Gasteiger partial charge on any atom is 0.255 e. The first-order valence-electron chi connectivity index (χ1n) is 9.58. The van der Waals surface area contributed by atoms with Crippen LogP contribution < -0.4 is 25.4 Å². The van der Waals surface area contributed by atoms with Crippen LogP contribution in [0.4, 0.5) is 17.2 Å². The highest BCUT2D eigenvalue weighted by atomic mass is 16.5. The summed E-state index contributed by atoms with van der Waals surface area (Å²) in [4.78, 5) is 40.5. The minimum absolute atomic E-state index is 0.258. The molecule has 0 bridgehead atoms. The predicted octanol–water partition coefficient (Wildman–Crippen LogP) is 3.56. The van der Waals surface area contributed by atoms with Crippen molar-refractivity contribution in [3.63, 3.8) is 0 Å². The number of aromatic nitrogens is 1. The quantitative estimate of drug-likeness (QED) is 0.523. The number of hydrogen-bond donors (Lipinski definition) is 3. The first kappa shape index (κ1) is 22.3. The third-order valence-electron chi connectivity index (χ3n) is 4.38. The topological polar surface area (TPSA) is 119 Å². The van der Waals surface area contributed by atoms with Crippen LogP contribution in [-0.4, -0.2) is 36.9 Å². The summed E-state index contributed by atoms with van der Waals surface area (Å²) in [7, 11) is 2.90. The molecule has 0 atom stereocenters. The molecule has 3 rings (SSSR count). The molecule has 0 radical (unpaired) electrons. The summed E-state index contributed by atoms with van der Waals surface area (Å²) in [6, 6.07) is 14.8. The Morgan fingerprint density at radius 1 is 0.750 bits per heavy atom. The molecule has 164 valence electrons. The van der Waals surface area contributed by atoms with Gasteiger partial charge in [-0.25, -0.2) is 4.98 Å². The molecule has 3 N–H and O–H groups in total. The number of carbonyl (C=O) groups is 3. The van der Waals surface area contributed by atoms with Gasteiger partial charge in [0.25, 0.3) is 11.8 Å². The second-order valence-electron chi connectivity index (χ2n) is 6.64. The molecule has 9 heteroatoms. The predicted molar refractivity (Wildman–Crippen MR) is 120 cm³/mol. The van der Waals surface area contributed by atoms with Crippen LogP contribution in [0.25, 0.3) is 0 Å². The Kier molecular flexibility index (Phi) is 7.02. The van der Waals surface area contributed by atoms with Crippen LogP contribution in [0.3, 0.4) is 0 Å². The van der Waals surface area contributed by atoms with Gasteiger partial charge in [-0.15, -0.1) is 0 Å². The molecule has 1 heterocycles. The Hall–Kier alpha value is -4.40. The zero-order valence-electron chi connectivity index (χ0n) is 17.8. The number of rotatable bonds is 7. The first-order valence-corrected chi connectivity index (χ1v) is 9.58. The van der Waals surface area contributed by atoms with E-state index in [0.717, 1.165) is 0 Å². The summed E-state index contributed by atoms with van der Waals surface area (Å²) in [5.41, 5.74) is 1.49. The van der Waals surface area contributed by atoms with Gasteiger partial charge in [-0.1, -0.05) is 18.2 Å². The van der Waals surface area contributed by atoms with Crippen LogP contribution in [0.2, 0.25) is 0 Å². The van der Waals surface area contributed by atoms with Crippen molar-refractivity contribution in [2.24, 2.45) is 0 Å². The third-order valence-corrected chi connectivity index (χ3v) is 4.38. The highest BCUT2D eigenvalue weighted by molar-refractivity contribution is 6.07. The number of benzene rings is 2. The van der Waals surface area contributed by atoms with Gasteiger partial charge >= 0.3 is 0 Å². The summed E-state index contributed by atoms with van der Waals surface area (Å²) < 4.78 is 10.8. The van der Waals surface area contributed by atoms with Gasteiger partial charge in [0.05, 0.1) is 25.6 Å². The molecule has 3 amide bonds. The fourth-order valence-corrected chi connectivity index (χ4v) is 2.89. The second-order valence-corrected chi connectivity index (χ2v) is 6.64. The molecule has 0 aliphatic heterocycles. The lowest BCUT2D eigenvalue weighted by Gasteiger charge is -2.16. The molecule has 0 aliphatic carbocycles. The number of nitrogens with zero attached hydrogens (tertiary/aromatic N) is 1. The summed E-state index contributed by atoms with van der Waals surface area (Å²) in [5, 5.41) is 8.06. The van der Waals surface area contributed by atoms with E-state index in [1.165, 1.54) is 39.5 Å². The number of methoxy groups -OCH3 is 2. The van der Waals surface area contributed by atoms with E-state index in [9.17, 15) is 14.4 Å². The van der Waals surface area contributed by atoms with E-state index in [1.54, 1.807) is 36.4 Å². The van der Waals surface area contributed by atoms with Gasteiger partial charge in [0.15, 0.2) is 0 Å². The first-order chi connectivity index (χ1) is 15.4. The van der Waals surface area contributed by atoms with Gasteiger partial charge in [0.1, 0.15) is 17.3 Å². The van der Waals surface area contributed by atoms with Crippen molar-refractivity contribution < 1.29 is 23.9 Å². The molecular weight excluding hydrogens is 412 g/mol. The molecule has 0 saturated carbocycles. The van der Waals surface area contributed by atoms with Crippen molar-refractivity contribution in [2.75, 3.05) is 30.2 Å². The van der Waals surface area contributed by atoms with E-state index in [4.69, 9.17) is 9.47 Å². The van der Waals surface area contributed by atoms with E-state index < -0.39 is 5.91 Å². The van der Waals surface area contributed by atoms with Crippen molar-refractivity contribution in [3.05, 3.63) is 71.9 Å². The average molecular weight is 434 g/mol.